The third-order valence-electron chi connectivity index (χ3n) is 3.58. The lowest BCUT2D eigenvalue weighted by Crippen LogP contribution is -2.24. The first-order valence-electron chi connectivity index (χ1n) is 6.97. The van der Waals surface area contributed by atoms with Crippen LogP contribution in [-0.4, -0.2) is 0 Å². The average molecular weight is 326 g/mol. The van der Waals surface area contributed by atoms with Gasteiger partial charge in [-0.25, -0.2) is 4.39 Å². The van der Waals surface area contributed by atoms with Gasteiger partial charge in [0.1, 0.15) is 5.82 Å². The second-order valence-corrected chi connectivity index (χ2v) is 5.89. The van der Waals surface area contributed by atoms with Crippen molar-refractivity contribution in [3.63, 3.8) is 0 Å². The fourth-order valence-electron chi connectivity index (χ4n) is 2.33. The summed E-state index contributed by atoms with van der Waals surface area (Å²) in [6.45, 7) is 4.17. The van der Waals surface area contributed by atoms with E-state index < -0.39 is 0 Å². The van der Waals surface area contributed by atoms with E-state index in [0.717, 1.165) is 17.5 Å². The largest absolute Gasteiger partial charge is 0.303 e. The van der Waals surface area contributed by atoms with Gasteiger partial charge in [0.05, 0.1) is 10.0 Å². The Morgan fingerprint density at radius 2 is 1.62 bits per heavy atom. The van der Waals surface area contributed by atoms with Crippen molar-refractivity contribution in [2.45, 2.75) is 32.4 Å². The molecule has 2 unspecified atom stereocenters. The summed E-state index contributed by atoms with van der Waals surface area (Å²) in [6, 6.07) is 12.5. The number of rotatable bonds is 5. The Hall–Kier alpha value is -1.09. The molecular formula is C17H18Cl2FN. The van der Waals surface area contributed by atoms with E-state index in [1.54, 1.807) is 12.1 Å². The number of halogens is 3. The molecule has 0 amide bonds. The Bertz CT molecular complexity index is 598. The smallest absolute Gasteiger partial charge is 0.123 e. The van der Waals surface area contributed by atoms with E-state index in [1.807, 2.05) is 18.2 Å². The summed E-state index contributed by atoms with van der Waals surface area (Å²) in [7, 11) is 0. The summed E-state index contributed by atoms with van der Waals surface area (Å²) >= 11 is 12.0. The van der Waals surface area contributed by atoms with Gasteiger partial charge in [-0.2, -0.15) is 0 Å². The van der Waals surface area contributed by atoms with Gasteiger partial charge >= 0.3 is 0 Å². The van der Waals surface area contributed by atoms with Gasteiger partial charge in [-0.15, -0.1) is 0 Å². The SMILES string of the molecule is CCC(NC(C)c1ccc(F)cc1)c1ccc(Cl)c(Cl)c1. The lowest BCUT2D eigenvalue weighted by Gasteiger charge is -2.23. The quantitative estimate of drug-likeness (QED) is 0.717. The molecular weight excluding hydrogens is 308 g/mol. The summed E-state index contributed by atoms with van der Waals surface area (Å²) < 4.78 is 13.0. The highest BCUT2D eigenvalue weighted by molar-refractivity contribution is 6.42. The maximum atomic E-state index is 13.0. The Morgan fingerprint density at radius 1 is 1.00 bits per heavy atom. The zero-order chi connectivity index (χ0) is 15.4. The maximum Gasteiger partial charge on any atom is 0.123 e. The summed E-state index contributed by atoms with van der Waals surface area (Å²) in [4.78, 5) is 0. The molecule has 2 aromatic rings. The molecule has 1 nitrogen and oxygen atoms in total. The Labute approximate surface area is 135 Å². The monoisotopic (exact) mass is 325 g/mol. The van der Waals surface area contributed by atoms with E-state index in [0.29, 0.717) is 10.0 Å². The van der Waals surface area contributed by atoms with Gasteiger partial charge in [0.2, 0.25) is 0 Å². The third-order valence-corrected chi connectivity index (χ3v) is 4.31. The lowest BCUT2D eigenvalue weighted by atomic mass is 10.0. The molecule has 0 bridgehead atoms. The molecule has 0 spiro atoms. The van der Waals surface area contributed by atoms with E-state index in [1.165, 1.54) is 12.1 Å². The summed E-state index contributed by atoms with van der Waals surface area (Å²) in [5, 5.41) is 4.66. The molecule has 0 saturated heterocycles. The molecule has 1 N–H and O–H groups in total. The number of benzene rings is 2. The molecule has 2 atom stereocenters. The minimum atomic E-state index is -0.220. The van der Waals surface area contributed by atoms with Gasteiger partial charge < -0.3 is 5.32 Å². The predicted octanol–water partition coefficient (Wildman–Crippen LogP) is 5.93. The molecule has 0 aliphatic heterocycles. The second-order valence-electron chi connectivity index (χ2n) is 5.07. The van der Waals surface area contributed by atoms with Crippen molar-refractivity contribution in [3.8, 4) is 0 Å². The number of hydrogen-bond donors (Lipinski definition) is 1. The van der Waals surface area contributed by atoms with Crippen LogP contribution in [0.5, 0.6) is 0 Å². The highest BCUT2D eigenvalue weighted by Crippen LogP contribution is 2.28. The molecule has 0 aliphatic carbocycles. The van der Waals surface area contributed by atoms with Crippen molar-refractivity contribution in [2.24, 2.45) is 0 Å². The molecule has 0 radical (unpaired) electrons. The molecule has 0 aromatic heterocycles. The molecule has 2 aromatic carbocycles. The zero-order valence-electron chi connectivity index (χ0n) is 12.0. The molecule has 0 heterocycles. The molecule has 0 saturated carbocycles. The topological polar surface area (TPSA) is 12.0 Å². The van der Waals surface area contributed by atoms with Crippen LogP contribution >= 0.6 is 23.2 Å². The standard InChI is InChI=1S/C17H18Cl2FN/c1-3-17(13-6-9-15(18)16(19)10-13)21-11(2)12-4-7-14(20)8-5-12/h4-11,17,21H,3H2,1-2H3. The number of nitrogens with one attached hydrogen (secondary N) is 1. The van der Waals surface area contributed by atoms with Crippen molar-refractivity contribution in [1.29, 1.82) is 0 Å². The molecule has 112 valence electrons. The highest BCUT2D eigenvalue weighted by atomic mass is 35.5. The van der Waals surface area contributed by atoms with E-state index >= 15 is 0 Å². The van der Waals surface area contributed by atoms with E-state index in [-0.39, 0.29) is 17.9 Å². The van der Waals surface area contributed by atoms with E-state index in [2.05, 4.69) is 19.2 Å². The average Bonchev–Trinajstić information content (AvgIpc) is 2.48. The van der Waals surface area contributed by atoms with Crippen LogP contribution in [0.4, 0.5) is 4.39 Å². The number of hydrogen-bond acceptors (Lipinski definition) is 1. The van der Waals surface area contributed by atoms with Gasteiger partial charge in [0.25, 0.3) is 0 Å². The van der Waals surface area contributed by atoms with Crippen LogP contribution in [0.25, 0.3) is 0 Å². The van der Waals surface area contributed by atoms with Gasteiger partial charge in [-0.1, -0.05) is 48.3 Å². The van der Waals surface area contributed by atoms with Gasteiger partial charge in [0, 0.05) is 12.1 Å². The predicted molar refractivity (Wildman–Crippen MR) is 87.4 cm³/mol. The first-order valence-corrected chi connectivity index (χ1v) is 7.73. The minimum absolute atomic E-state index is 0.116. The molecule has 4 heteroatoms. The van der Waals surface area contributed by atoms with Crippen molar-refractivity contribution < 1.29 is 4.39 Å². The van der Waals surface area contributed by atoms with Gasteiger partial charge in [0.15, 0.2) is 0 Å². The lowest BCUT2D eigenvalue weighted by molar-refractivity contribution is 0.456. The fraction of sp³-hybridized carbons (Fsp3) is 0.294. The third kappa shape index (κ3) is 4.19. The molecule has 21 heavy (non-hydrogen) atoms. The van der Waals surface area contributed by atoms with Crippen LogP contribution in [0.1, 0.15) is 43.5 Å². The Kier molecular flexibility index (Phi) is 5.63. The zero-order valence-corrected chi connectivity index (χ0v) is 13.5. The van der Waals surface area contributed by atoms with Crippen molar-refractivity contribution in [1.82, 2.24) is 5.32 Å². The van der Waals surface area contributed by atoms with Crippen LogP contribution in [0.15, 0.2) is 42.5 Å². The molecule has 2 rings (SSSR count). The summed E-state index contributed by atoms with van der Waals surface area (Å²) in [5.41, 5.74) is 2.15. The van der Waals surface area contributed by atoms with Gasteiger partial charge in [-0.3, -0.25) is 0 Å². The van der Waals surface area contributed by atoms with Crippen molar-refractivity contribution in [3.05, 3.63) is 69.5 Å². The van der Waals surface area contributed by atoms with E-state index in [4.69, 9.17) is 23.2 Å². The molecule has 0 aliphatic rings. The summed E-state index contributed by atoms with van der Waals surface area (Å²) in [6.07, 6.45) is 0.920. The van der Waals surface area contributed by atoms with Crippen molar-refractivity contribution in [2.75, 3.05) is 0 Å². The van der Waals surface area contributed by atoms with Gasteiger partial charge in [-0.05, 0) is 48.7 Å². The van der Waals surface area contributed by atoms with Crippen LogP contribution in [-0.2, 0) is 0 Å². The Morgan fingerprint density at radius 3 is 2.19 bits per heavy atom. The minimum Gasteiger partial charge on any atom is -0.303 e. The van der Waals surface area contributed by atoms with E-state index in [9.17, 15) is 4.39 Å². The van der Waals surface area contributed by atoms with Crippen LogP contribution in [0.2, 0.25) is 10.0 Å². The van der Waals surface area contributed by atoms with Crippen LogP contribution in [0.3, 0.4) is 0 Å². The van der Waals surface area contributed by atoms with Crippen molar-refractivity contribution >= 4 is 23.2 Å². The van der Waals surface area contributed by atoms with Crippen LogP contribution in [0, 0.1) is 5.82 Å². The second kappa shape index (κ2) is 7.26. The summed E-state index contributed by atoms with van der Waals surface area (Å²) in [5.74, 6) is -0.220. The van der Waals surface area contributed by atoms with Crippen LogP contribution < -0.4 is 5.32 Å². The first-order chi connectivity index (χ1) is 10.0. The fourth-order valence-corrected chi connectivity index (χ4v) is 2.63. The Balaban J connectivity index is 2.14. The normalized spacial score (nSPS) is 14.0. The maximum absolute atomic E-state index is 13.0. The highest BCUT2D eigenvalue weighted by Gasteiger charge is 2.15. The first kappa shape index (κ1) is 16.3. The molecule has 0 fully saturated rings.